The number of amides is 10. The number of hydrogen-bond acceptors (Lipinski definition) is 22. The van der Waals surface area contributed by atoms with Crippen LogP contribution >= 0.6 is 0 Å². The van der Waals surface area contributed by atoms with Gasteiger partial charge in [0, 0.05) is 46.0 Å². The van der Waals surface area contributed by atoms with Gasteiger partial charge in [-0.3, -0.25) is 76.7 Å². The van der Waals surface area contributed by atoms with E-state index >= 15 is 0 Å². The Bertz CT molecular complexity index is 3060. The van der Waals surface area contributed by atoms with E-state index in [1.165, 1.54) is 7.11 Å². The highest BCUT2D eigenvalue weighted by Crippen LogP contribution is 2.18. The van der Waals surface area contributed by atoms with Crippen LogP contribution in [-0.2, 0) is 91.0 Å². The molecule has 0 aromatic carbocycles. The second kappa shape index (κ2) is 67.1. The lowest BCUT2D eigenvalue weighted by Gasteiger charge is -2.25. The molecular formula is C81H154N10O29. The second-order valence-corrected chi connectivity index (χ2v) is 35.3. The molecule has 0 aromatic rings. The first kappa shape index (κ1) is 128. The molecule has 0 fully saturated rings. The topological polar surface area (TPSA) is 639 Å². The number of esters is 1. The number of rotatable bonds is 36. The fourth-order valence-corrected chi connectivity index (χ4v) is 7.30. The largest absolute Gasteiger partial charge is 0.481 e. The lowest BCUT2D eigenvalue weighted by atomic mass is 9.94. The van der Waals surface area contributed by atoms with Crippen molar-refractivity contribution >= 4 is 107 Å². The molecule has 0 radical (unpaired) electrons. The predicted molar refractivity (Wildman–Crippen MR) is 449 cm³/mol. The van der Waals surface area contributed by atoms with Crippen LogP contribution in [0.4, 0.5) is 0 Å². The van der Waals surface area contributed by atoms with Crippen molar-refractivity contribution in [3.63, 3.8) is 0 Å². The molecule has 39 heteroatoms. The Kier molecular flexibility index (Phi) is 71.8. The van der Waals surface area contributed by atoms with Crippen molar-refractivity contribution in [1.82, 2.24) is 53.2 Å². The summed E-state index contributed by atoms with van der Waals surface area (Å²) in [5.74, 6) is -10.2. The summed E-state index contributed by atoms with van der Waals surface area (Å²) in [4.78, 5) is 198. The van der Waals surface area contributed by atoms with E-state index < -0.39 is 142 Å². The predicted octanol–water partition coefficient (Wildman–Crippen LogP) is 4.57. The Morgan fingerprint density at radius 3 is 0.800 bits per heavy atom. The van der Waals surface area contributed by atoms with Gasteiger partial charge in [-0.15, -0.1) is 0 Å². The van der Waals surface area contributed by atoms with Crippen LogP contribution in [0.2, 0.25) is 0 Å². The number of carboxylic acid groups (broad SMARTS) is 7. The van der Waals surface area contributed by atoms with E-state index in [2.05, 4.69) is 57.9 Å². The van der Waals surface area contributed by atoms with Crippen LogP contribution < -0.4 is 53.2 Å². The minimum Gasteiger partial charge on any atom is -0.481 e. The number of nitrogens with one attached hydrogen (secondary N) is 10. The van der Waals surface area contributed by atoms with Gasteiger partial charge in [0.05, 0.1) is 69.3 Å². The van der Waals surface area contributed by atoms with Crippen molar-refractivity contribution in [2.75, 3.05) is 53.0 Å². The van der Waals surface area contributed by atoms with E-state index in [1.807, 2.05) is 55.4 Å². The summed E-state index contributed by atoms with van der Waals surface area (Å²) in [7, 11) is 1.28. The summed E-state index contributed by atoms with van der Waals surface area (Å²) in [6, 6.07) is -2.98. The van der Waals surface area contributed by atoms with Crippen LogP contribution in [0.5, 0.6) is 0 Å². The molecule has 6 unspecified atom stereocenters. The maximum Gasteiger partial charge on any atom is 0.326 e. The van der Waals surface area contributed by atoms with Crippen molar-refractivity contribution in [1.29, 1.82) is 0 Å². The highest BCUT2D eigenvalue weighted by molar-refractivity contribution is 5.90. The van der Waals surface area contributed by atoms with Gasteiger partial charge in [0.15, 0.2) is 0 Å². The summed E-state index contributed by atoms with van der Waals surface area (Å²) in [5.41, 5.74) is -2.64. The van der Waals surface area contributed by atoms with Crippen molar-refractivity contribution in [2.45, 2.75) is 289 Å². The fourth-order valence-electron chi connectivity index (χ4n) is 7.30. The van der Waals surface area contributed by atoms with E-state index in [1.54, 1.807) is 152 Å². The first-order valence-electron chi connectivity index (χ1n) is 39.5. The number of ether oxygens (including phenoxy) is 1. The highest BCUT2D eigenvalue weighted by Gasteiger charge is 2.31. The van der Waals surface area contributed by atoms with Gasteiger partial charge in [0.1, 0.15) is 31.7 Å². The molecule has 0 aliphatic carbocycles. The van der Waals surface area contributed by atoms with Crippen LogP contribution in [0.1, 0.15) is 253 Å². The molecule has 0 aliphatic heterocycles. The van der Waals surface area contributed by atoms with Crippen LogP contribution in [0.15, 0.2) is 0 Å². The summed E-state index contributed by atoms with van der Waals surface area (Å²) in [6.07, 6.45) is -0.669. The maximum absolute atomic E-state index is 11.8. The number of carbonyl (C=O) groups is 18. The summed E-state index contributed by atoms with van der Waals surface area (Å²) in [6.45, 7) is 52.4. The molecule has 0 saturated heterocycles. The van der Waals surface area contributed by atoms with Gasteiger partial charge in [0.25, 0.3) is 0 Å². The molecular weight excluding hydrogens is 1580 g/mol. The molecule has 39 nitrogen and oxygen atoms in total. The van der Waals surface area contributed by atoms with Crippen LogP contribution in [0, 0.1) is 68.5 Å². The molecule has 0 saturated carbocycles. The van der Waals surface area contributed by atoms with Crippen molar-refractivity contribution in [3.05, 3.63) is 0 Å². The average Bonchev–Trinajstić information content (AvgIpc) is 0.881. The third-order valence-corrected chi connectivity index (χ3v) is 14.5. The number of aliphatic hydroxyl groups excluding tert-OH is 3. The fraction of sp³-hybridized carbons (Fsp3) is 0.778. The minimum atomic E-state index is -1.16. The highest BCUT2D eigenvalue weighted by atomic mass is 16.5. The molecule has 0 bridgehead atoms. The first-order valence-corrected chi connectivity index (χ1v) is 39.5. The lowest BCUT2D eigenvalue weighted by molar-refractivity contribution is -0.146. The molecule has 120 heavy (non-hydrogen) atoms. The van der Waals surface area contributed by atoms with Gasteiger partial charge in [-0.25, -0.2) is 9.59 Å². The molecule has 0 aromatic heterocycles. The zero-order valence-electron chi connectivity index (χ0n) is 77.1. The smallest absolute Gasteiger partial charge is 0.326 e. The molecule has 20 N–H and O–H groups in total. The van der Waals surface area contributed by atoms with Crippen LogP contribution in [0.3, 0.4) is 0 Å². The Labute approximate surface area is 709 Å². The zero-order chi connectivity index (χ0) is 97.1. The number of carbonyl (C=O) groups excluding carboxylic acids is 11. The standard InChI is InChI=1S/C15H28N2O5.C14H26N2O5.C12H22N2O4.C11H21NO3.C8H15NO3.2C7H13NO3.C5H10O2.C2H6O/c1-9(2)5-6-11(12(18)7-14(20)21)17-13(19)8-16-15(22)10(3)4;1-8(2)5-10(11(17)6-13(19)20)16-12(18)7-15-14(21)9(3)4;1-7(2)5-9(12(17)18)14-10(15)6-13-11(16)8(3)4;1-7(2)6-8(9(13)14)12-10(15)11(3,4)5;1-8(2,3)7(11)9-5-6(10)12-4;2*1-7(2,3)6(11)8-4-5(9)10;1-5(2,3)4(6)7;1-2-3/h9-12,18H,5-8H2,1-4H3,(H,16,22)(H,17,19)(H,20,21);8-11,17H,5-7H2,1-4H3,(H,15,21)(H,16,18)(H,19,20);7-9H,5-6H2,1-4H3,(H,13,16)(H,14,15)(H,17,18);7-8H,6H2,1-5H3,(H,12,15)(H,13,14);5H2,1-4H3,(H,9,11);2*4H2,1-3H3,(H,8,11)(H,9,10);1-3H3,(H,6,7);3H,2H2,1H3. The minimum absolute atomic E-state index is 0.0629. The van der Waals surface area contributed by atoms with E-state index in [-0.39, 0.29) is 123 Å². The lowest BCUT2D eigenvalue weighted by Crippen LogP contribution is -2.48. The van der Waals surface area contributed by atoms with Crippen LogP contribution in [-0.4, -0.2) is 247 Å². The second-order valence-electron chi connectivity index (χ2n) is 35.3. The SMILES string of the molecule is CC(C)(C)C(=O)NCC(=O)O.CC(C)(C)C(=O)NCC(=O)O.CC(C)(C)C(=O)O.CC(C)CC(NC(=O)C(C)(C)C)C(=O)O.CC(C)CC(NC(=O)CNC(=O)C(C)C)C(=O)O.CC(C)CC(NC(=O)CNC(=O)C(C)C)C(O)CC(=O)O.CC(C)CCC(NC(=O)CNC(=O)C(C)C)C(O)CC(=O)O.CCO.COC(=O)CNC(=O)C(C)(C)C. The van der Waals surface area contributed by atoms with Gasteiger partial charge < -0.3 is 109 Å². The van der Waals surface area contributed by atoms with Gasteiger partial charge in [-0.05, 0) is 83.5 Å². The number of carboxylic acids is 7. The third kappa shape index (κ3) is 84.8. The number of aliphatic hydroxyl groups is 3. The summed E-state index contributed by atoms with van der Waals surface area (Å²) < 4.78 is 4.36. The van der Waals surface area contributed by atoms with E-state index in [0.29, 0.717) is 31.6 Å². The molecule has 702 valence electrons. The van der Waals surface area contributed by atoms with Crippen molar-refractivity contribution < 1.29 is 142 Å². The molecule has 0 heterocycles. The molecule has 0 spiro atoms. The Balaban J connectivity index is -0.000000170. The first-order chi connectivity index (χ1) is 54.0. The Morgan fingerprint density at radius 2 is 0.575 bits per heavy atom. The summed E-state index contributed by atoms with van der Waals surface area (Å²) >= 11 is 0. The van der Waals surface area contributed by atoms with Crippen LogP contribution in [0.25, 0.3) is 0 Å². The monoisotopic (exact) mass is 1730 g/mol. The van der Waals surface area contributed by atoms with Gasteiger partial charge in [-0.1, -0.05) is 180 Å². The van der Waals surface area contributed by atoms with E-state index in [4.69, 9.17) is 40.9 Å². The Morgan fingerprint density at radius 1 is 0.317 bits per heavy atom. The third-order valence-electron chi connectivity index (χ3n) is 14.5. The number of methoxy groups -OCH3 is 1. The quantitative estimate of drug-likeness (QED) is 0.0382. The van der Waals surface area contributed by atoms with Crippen molar-refractivity contribution in [3.8, 4) is 0 Å². The average molecular weight is 1730 g/mol. The summed E-state index contributed by atoms with van der Waals surface area (Å²) in [5, 5.41) is 112. The van der Waals surface area contributed by atoms with E-state index in [9.17, 15) is 96.5 Å². The van der Waals surface area contributed by atoms with Gasteiger partial charge >= 0.3 is 47.8 Å². The van der Waals surface area contributed by atoms with Gasteiger partial charge in [-0.2, -0.15) is 0 Å². The molecule has 0 aliphatic rings. The van der Waals surface area contributed by atoms with E-state index in [0.717, 1.165) is 6.42 Å². The Hall–Kier alpha value is -9.66. The molecule has 0 rings (SSSR count). The molecule has 10 amide bonds. The zero-order valence-corrected chi connectivity index (χ0v) is 77.1. The number of aliphatic carboxylic acids is 7. The maximum atomic E-state index is 11.8. The number of hydrogen-bond donors (Lipinski definition) is 20. The molecule has 6 atom stereocenters. The normalized spacial score (nSPS) is 12.4. The van der Waals surface area contributed by atoms with Crippen molar-refractivity contribution in [2.24, 2.45) is 68.5 Å². The van der Waals surface area contributed by atoms with Gasteiger partial charge in [0.2, 0.25) is 59.1 Å².